The zero-order valence-corrected chi connectivity index (χ0v) is 11.7. The highest BCUT2D eigenvalue weighted by atomic mass is 16.3. The minimum Gasteiger partial charge on any atom is -0.504 e. The van der Waals surface area contributed by atoms with Crippen LogP contribution in [0.1, 0.15) is 24.4 Å². The van der Waals surface area contributed by atoms with Crippen LogP contribution in [0, 0.1) is 0 Å². The Hall–Kier alpha value is -2.53. The van der Waals surface area contributed by atoms with Gasteiger partial charge in [0.05, 0.1) is 17.1 Å². The van der Waals surface area contributed by atoms with Crippen molar-refractivity contribution in [3.05, 3.63) is 53.9 Å². The number of hydrogen-bond donors (Lipinski definition) is 4. The molecule has 1 heterocycles. The largest absolute Gasteiger partial charge is 0.504 e. The van der Waals surface area contributed by atoms with Crippen molar-refractivity contribution in [3.63, 3.8) is 0 Å². The molecule has 0 saturated carbocycles. The highest BCUT2D eigenvalue weighted by Crippen LogP contribution is 2.25. The summed E-state index contributed by atoms with van der Waals surface area (Å²) >= 11 is 0. The van der Waals surface area contributed by atoms with Crippen LogP contribution in [-0.2, 0) is 6.54 Å². The maximum absolute atomic E-state index is 9.48. The second kappa shape index (κ2) is 5.46. The van der Waals surface area contributed by atoms with E-state index in [-0.39, 0.29) is 17.5 Å². The molecule has 0 spiro atoms. The van der Waals surface area contributed by atoms with Gasteiger partial charge in [-0.25, -0.2) is 4.98 Å². The van der Waals surface area contributed by atoms with Crippen molar-refractivity contribution in [2.24, 2.45) is 0 Å². The van der Waals surface area contributed by atoms with Crippen LogP contribution in [0.25, 0.3) is 11.0 Å². The highest BCUT2D eigenvalue weighted by molar-refractivity contribution is 5.74. The van der Waals surface area contributed by atoms with Crippen LogP contribution in [0.5, 0.6) is 11.5 Å². The normalized spacial score (nSPS) is 12.6. The smallest absolute Gasteiger partial charge is 0.157 e. The van der Waals surface area contributed by atoms with E-state index in [0.29, 0.717) is 6.54 Å². The zero-order valence-electron chi connectivity index (χ0n) is 11.7. The van der Waals surface area contributed by atoms with E-state index in [0.717, 1.165) is 22.4 Å². The number of imidazole rings is 1. The molecule has 5 heteroatoms. The molecule has 0 aliphatic rings. The number of phenols is 2. The molecule has 108 valence electrons. The van der Waals surface area contributed by atoms with Gasteiger partial charge in [-0.2, -0.15) is 0 Å². The minimum atomic E-state index is -0.107. The molecule has 0 fully saturated rings. The summed E-state index contributed by atoms with van der Waals surface area (Å²) in [6.45, 7) is 2.60. The van der Waals surface area contributed by atoms with Crippen molar-refractivity contribution in [3.8, 4) is 11.5 Å². The standard InChI is InChI=1S/C16H17N3O2/c1-10(16-18-12-4-2-3-5-13(12)19-16)17-9-11-6-7-14(20)15(21)8-11/h2-8,10,17,20-21H,9H2,1H3,(H,18,19). The molecule has 4 N–H and O–H groups in total. The number of fused-ring (bicyclic) bond motifs is 1. The number of nitrogens with zero attached hydrogens (tertiary/aromatic N) is 1. The van der Waals surface area contributed by atoms with E-state index in [1.807, 2.05) is 31.2 Å². The average Bonchev–Trinajstić information content (AvgIpc) is 2.92. The molecule has 2 aromatic carbocycles. The van der Waals surface area contributed by atoms with Crippen LogP contribution in [0.15, 0.2) is 42.5 Å². The number of hydrogen-bond acceptors (Lipinski definition) is 4. The van der Waals surface area contributed by atoms with Gasteiger partial charge in [-0.1, -0.05) is 18.2 Å². The van der Waals surface area contributed by atoms with Crippen molar-refractivity contribution in [2.75, 3.05) is 0 Å². The number of para-hydroxylation sites is 2. The lowest BCUT2D eigenvalue weighted by atomic mass is 10.2. The van der Waals surface area contributed by atoms with E-state index in [1.165, 1.54) is 6.07 Å². The molecule has 3 rings (SSSR count). The quantitative estimate of drug-likeness (QED) is 0.555. The highest BCUT2D eigenvalue weighted by Gasteiger charge is 2.10. The second-order valence-corrected chi connectivity index (χ2v) is 5.06. The molecule has 1 aromatic heterocycles. The fraction of sp³-hybridized carbons (Fsp3) is 0.188. The molecule has 3 aromatic rings. The fourth-order valence-corrected chi connectivity index (χ4v) is 2.22. The summed E-state index contributed by atoms with van der Waals surface area (Å²) in [5.41, 5.74) is 2.86. The third-order valence-electron chi connectivity index (χ3n) is 3.47. The molecule has 0 bridgehead atoms. The number of aromatic hydroxyl groups is 2. The molecule has 0 saturated heterocycles. The molecular weight excluding hydrogens is 266 g/mol. The Bertz CT molecular complexity index is 734. The summed E-state index contributed by atoms with van der Waals surface area (Å²) in [5.74, 6) is 0.661. The first-order valence-electron chi connectivity index (χ1n) is 6.82. The summed E-state index contributed by atoms with van der Waals surface area (Å²) in [4.78, 5) is 7.84. The van der Waals surface area contributed by atoms with Gasteiger partial charge in [0, 0.05) is 6.54 Å². The summed E-state index contributed by atoms with van der Waals surface area (Å²) in [6, 6.07) is 12.8. The molecule has 5 nitrogen and oxygen atoms in total. The Morgan fingerprint density at radius 3 is 2.71 bits per heavy atom. The third kappa shape index (κ3) is 2.83. The fourth-order valence-electron chi connectivity index (χ4n) is 2.22. The predicted octanol–water partition coefficient (Wildman–Crippen LogP) is 2.82. The van der Waals surface area contributed by atoms with E-state index in [4.69, 9.17) is 0 Å². The Morgan fingerprint density at radius 2 is 1.95 bits per heavy atom. The Balaban J connectivity index is 1.70. The zero-order chi connectivity index (χ0) is 14.8. The first-order chi connectivity index (χ1) is 10.1. The van der Waals surface area contributed by atoms with Crippen molar-refractivity contribution in [2.45, 2.75) is 19.5 Å². The molecule has 0 aliphatic heterocycles. The van der Waals surface area contributed by atoms with Crippen LogP contribution in [-0.4, -0.2) is 20.2 Å². The molecule has 0 radical (unpaired) electrons. The van der Waals surface area contributed by atoms with Gasteiger partial charge in [0.15, 0.2) is 11.5 Å². The molecule has 21 heavy (non-hydrogen) atoms. The van der Waals surface area contributed by atoms with Crippen LogP contribution in [0.4, 0.5) is 0 Å². The molecule has 1 atom stereocenters. The number of aromatic amines is 1. The molecule has 0 amide bonds. The van der Waals surface area contributed by atoms with Gasteiger partial charge >= 0.3 is 0 Å². The average molecular weight is 283 g/mol. The lowest BCUT2D eigenvalue weighted by Crippen LogP contribution is -2.19. The second-order valence-electron chi connectivity index (χ2n) is 5.06. The van der Waals surface area contributed by atoms with Crippen LogP contribution in [0.2, 0.25) is 0 Å². The van der Waals surface area contributed by atoms with E-state index >= 15 is 0 Å². The number of phenolic OH excluding ortho intramolecular Hbond substituents is 2. The van der Waals surface area contributed by atoms with Gasteiger partial charge in [0.1, 0.15) is 5.82 Å². The van der Waals surface area contributed by atoms with Crippen molar-refractivity contribution in [1.29, 1.82) is 0 Å². The maximum Gasteiger partial charge on any atom is 0.157 e. The lowest BCUT2D eigenvalue weighted by Gasteiger charge is -2.11. The first kappa shape index (κ1) is 13.5. The van der Waals surface area contributed by atoms with Crippen LogP contribution in [0.3, 0.4) is 0 Å². The van der Waals surface area contributed by atoms with E-state index in [9.17, 15) is 10.2 Å². The number of aromatic nitrogens is 2. The molecular formula is C16H17N3O2. The summed E-state index contributed by atoms with van der Waals surface area (Å²) in [5, 5.41) is 22.1. The van der Waals surface area contributed by atoms with Crippen LogP contribution < -0.4 is 5.32 Å². The Labute approximate surface area is 122 Å². The van der Waals surface area contributed by atoms with E-state index in [1.54, 1.807) is 12.1 Å². The number of nitrogens with one attached hydrogen (secondary N) is 2. The summed E-state index contributed by atoms with van der Waals surface area (Å²) < 4.78 is 0. The van der Waals surface area contributed by atoms with E-state index in [2.05, 4.69) is 15.3 Å². The monoisotopic (exact) mass is 283 g/mol. The van der Waals surface area contributed by atoms with Gasteiger partial charge in [-0.3, -0.25) is 0 Å². The lowest BCUT2D eigenvalue weighted by molar-refractivity contribution is 0.402. The first-order valence-corrected chi connectivity index (χ1v) is 6.82. The topological polar surface area (TPSA) is 81.2 Å². The third-order valence-corrected chi connectivity index (χ3v) is 3.47. The SMILES string of the molecule is CC(NCc1ccc(O)c(O)c1)c1nc2ccccc2[nH]1. The summed E-state index contributed by atoms with van der Waals surface area (Å²) in [7, 11) is 0. The number of H-pyrrole nitrogens is 1. The summed E-state index contributed by atoms with van der Waals surface area (Å²) in [6.07, 6.45) is 0. The number of benzene rings is 2. The van der Waals surface area contributed by atoms with Crippen molar-refractivity contribution in [1.82, 2.24) is 15.3 Å². The van der Waals surface area contributed by atoms with Crippen molar-refractivity contribution >= 4 is 11.0 Å². The van der Waals surface area contributed by atoms with E-state index < -0.39 is 0 Å². The van der Waals surface area contributed by atoms with Gasteiger partial charge in [0.25, 0.3) is 0 Å². The van der Waals surface area contributed by atoms with Gasteiger partial charge in [0.2, 0.25) is 0 Å². The van der Waals surface area contributed by atoms with Crippen LogP contribution >= 0.6 is 0 Å². The van der Waals surface area contributed by atoms with Gasteiger partial charge in [-0.15, -0.1) is 0 Å². The molecule has 0 aliphatic carbocycles. The Morgan fingerprint density at radius 1 is 1.14 bits per heavy atom. The maximum atomic E-state index is 9.48. The number of rotatable bonds is 4. The van der Waals surface area contributed by atoms with Gasteiger partial charge < -0.3 is 20.5 Å². The van der Waals surface area contributed by atoms with Crippen molar-refractivity contribution < 1.29 is 10.2 Å². The molecule has 1 unspecified atom stereocenters. The minimum absolute atomic E-state index is 0.0494. The van der Waals surface area contributed by atoms with Gasteiger partial charge in [-0.05, 0) is 36.8 Å². The predicted molar refractivity (Wildman–Crippen MR) is 81.1 cm³/mol. The Kier molecular flexibility index (Phi) is 3.50.